The summed E-state index contributed by atoms with van der Waals surface area (Å²) in [6, 6.07) is 0. The first-order valence-electron chi connectivity index (χ1n) is 7.88. The molecule has 1 aliphatic rings. The lowest BCUT2D eigenvalue weighted by Crippen LogP contribution is -2.29. The molecule has 0 radical (unpaired) electrons. The highest BCUT2D eigenvalue weighted by atomic mass is 16.5. The summed E-state index contributed by atoms with van der Waals surface area (Å²) >= 11 is 0. The molecular formula is C16H27N3O. The van der Waals surface area contributed by atoms with Crippen LogP contribution in [0.5, 0.6) is 5.88 Å². The van der Waals surface area contributed by atoms with Crippen LogP contribution in [0.4, 0.5) is 5.82 Å². The minimum atomic E-state index is 0.295. The molecule has 1 aliphatic carbocycles. The Hall–Kier alpha value is -1.32. The third-order valence-electron chi connectivity index (χ3n) is 4.02. The van der Waals surface area contributed by atoms with E-state index in [0.717, 1.165) is 54.9 Å². The molecule has 2 unspecified atom stereocenters. The van der Waals surface area contributed by atoms with Crippen molar-refractivity contribution in [1.82, 2.24) is 9.97 Å². The Morgan fingerprint density at radius 1 is 1.15 bits per heavy atom. The van der Waals surface area contributed by atoms with E-state index in [2.05, 4.69) is 43.0 Å². The molecule has 0 aliphatic heterocycles. The van der Waals surface area contributed by atoms with Gasteiger partial charge in [0.25, 0.3) is 0 Å². The van der Waals surface area contributed by atoms with E-state index in [1.165, 1.54) is 6.42 Å². The molecule has 1 aromatic heterocycles. The first-order chi connectivity index (χ1) is 9.63. The molecule has 4 nitrogen and oxygen atoms in total. The molecule has 1 fully saturated rings. The lowest BCUT2D eigenvalue weighted by molar-refractivity contribution is 0.0956. The molecule has 0 saturated heterocycles. The summed E-state index contributed by atoms with van der Waals surface area (Å²) in [7, 11) is 0. The Morgan fingerprint density at radius 2 is 1.85 bits per heavy atom. The molecule has 4 heteroatoms. The van der Waals surface area contributed by atoms with Crippen molar-refractivity contribution in [2.45, 2.75) is 59.5 Å². The topological polar surface area (TPSA) is 47.0 Å². The van der Waals surface area contributed by atoms with Gasteiger partial charge >= 0.3 is 0 Å². The van der Waals surface area contributed by atoms with Crippen molar-refractivity contribution in [2.24, 2.45) is 11.8 Å². The van der Waals surface area contributed by atoms with E-state index < -0.39 is 0 Å². The highest BCUT2D eigenvalue weighted by Crippen LogP contribution is 2.32. The van der Waals surface area contributed by atoms with Gasteiger partial charge in [-0.05, 0) is 44.4 Å². The van der Waals surface area contributed by atoms with Crippen LogP contribution in [0.15, 0.2) is 6.33 Å². The fraction of sp³-hybridized carbons (Fsp3) is 0.750. The maximum atomic E-state index is 6.21. The highest BCUT2D eigenvalue weighted by molar-refractivity contribution is 5.48. The number of nitrogens with zero attached hydrogens (tertiary/aromatic N) is 2. The van der Waals surface area contributed by atoms with Crippen molar-refractivity contribution in [3.63, 3.8) is 0 Å². The summed E-state index contributed by atoms with van der Waals surface area (Å²) in [5, 5.41) is 3.29. The number of nitrogens with one attached hydrogen (secondary N) is 1. The smallest absolute Gasteiger partial charge is 0.222 e. The summed E-state index contributed by atoms with van der Waals surface area (Å²) in [6.07, 6.45) is 6.36. The predicted octanol–water partition coefficient (Wildman–Crippen LogP) is 3.67. The largest absolute Gasteiger partial charge is 0.474 e. The molecule has 1 N–H and O–H groups in total. The van der Waals surface area contributed by atoms with Crippen molar-refractivity contribution < 1.29 is 4.74 Å². The summed E-state index contributed by atoms with van der Waals surface area (Å²) in [4.78, 5) is 8.68. The summed E-state index contributed by atoms with van der Waals surface area (Å²) in [6.45, 7) is 9.69. The molecule has 2 atom stereocenters. The fourth-order valence-corrected chi connectivity index (χ4v) is 3.26. The highest BCUT2D eigenvalue weighted by Gasteiger charge is 2.26. The second-order valence-electron chi connectivity index (χ2n) is 6.05. The van der Waals surface area contributed by atoms with Gasteiger partial charge in [-0.3, -0.25) is 0 Å². The number of hydrogen-bond acceptors (Lipinski definition) is 4. The monoisotopic (exact) mass is 277 g/mol. The molecule has 1 aromatic rings. The standard InChI is InChI=1S/C16H27N3O/c1-5-14-15(17-6-2)18-10-19-16(14)20-13-8-11(3)7-12(4)9-13/h10-13H,5-9H2,1-4H3,(H,17,18,19). The summed E-state index contributed by atoms with van der Waals surface area (Å²) in [5.41, 5.74) is 1.10. The van der Waals surface area contributed by atoms with Gasteiger partial charge in [0.2, 0.25) is 5.88 Å². The van der Waals surface area contributed by atoms with Crippen LogP contribution >= 0.6 is 0 Å². The van der Waals surface area contributed by atoms with E-state index in [-0.39, 0.29) is 0 Å². The van der Waals surface area contributed by atoms with Crippen LogP contribution in [0.25, 0.3) is 0 Å². The zero-order chi connectivity index (χ0) is 14.5. The lowest BCUT2D eigenvalue weighted by atomic mass is 9.82. The molecule has 20 heavy (non-hydrogen) atoms. The normalized spacial score (nSPS) is 26.3. The van der Waals surface area contributed by atoms with Gasteiger partial charge in [-0.1, -0.05) is 20.8 Å². The average Bonchev–Trinajstić information content (AvgIpc) is 2.38. The number of rotatable bonds is 5. The van der Waals surface area contributed by atoms with Crippen molar-refractivity contribution in [2.75, 3.05) is 11.9 Å². The molecule has 0 amide bonds. The SMILES string of the molecule is CCNc1ncnc(OC2CC(C)CC(C)C2)c1CC. The molecule has 2 rings (SSSR count). The van der Waals surface area contributed by atoms with Gasteiger partial charge in [0.05, 0.1) is 5.56 Å². The number of hydrogen-bond donors (Lipinski definition) is 1. The van der Waals surface area contributed by atoms with Gasteiger partial charge in [0, 0.05) is 6.54 Å². The molecular weight excluding hydrogens is 250 g/mol. The van der Waals surface area contributed by atoms with Gasteiger partial charge in [0.1, 0.15) is 18.2 Å². The van der Waals surface area contributed by atoms with Crippen molar-refractivity contribution in [3.8, 4) is 5.88 Å². The van der Waals surface area contributed by atoms with Crippen molar-refractivity contribution in [1.29, 1.82) is 0 Å². The van der Waals surface area contributed by atoms with Crippen LogP contribution in [0.2, 0.25) is 0 Å². The number of ether oxygens (including phenoxy) is 1. The lowest BCUT2D eigenvalue weighted by Gasteiger charge is -2.31. The Balaban J connectivity index is 2.14. The van der Waals surface area contributed by atoms with E-state index in [1.54, 1.807) is 6.33 Å². The second kappa shape index (κ2) is 6.91. The van der Waals surface area contributed by atoms with Crippen molar-refractivity contribution in [3.05, 3.63) is 11.9 Å². The molecule has 0 aromatic carbocycles. The van der Waals surface area contributed by atoms with Crippen LogP contribution in [0, 0.1) is 11.8 Å². The minimum Gasteiger partial charge on any atom is -0.474 e. The Morgan fingerprint density at radius 3 is 2.45 bits per heavy atom. The van der Waals surface area contributed by atoms with E-state index >= 15 is 0 Å². The Bertz CT molecular complexity index is 426. The van der Waals surface area contributed by atoms with Crippen LogP contribution in [0.1, 0.15) is 52.5 Å². The summed E-state index contributed by atoms with van der Waals surface area (Å²) < 4.78 is 6.21. The molecule has 1 saturated carbocycles. The first-order valence-corrected chi connectivity index (χ1v) is 7.88. The van der Waals surface area contributed by atoms with Gasteiger partial charge in [-0.2, -0.15) is 0 Å². The maximum absolute atomic E-state index is 6.21. The number of anilines is 1. The van der Waals surface area contributed by atoms with E-state index in [4.69, 9.17) is 4.74 Å². The third-order valence-corrected chi connectivity index (χ3v) is 4.02. The van der Waals surface area contributed by atoms with Crippen LogP contribution in [-0.2, 0) is 6.42 Å². The average molecular weight is 277 g/mol. The van der Waals surface area contributed by atoms with Gasteiger partial charge < -0.3 is 10.1 Å². The Labute approximate surface area is 122 Å². The zero-order valence-electron chi connectivity index (χ0n) is 13.1. The van der Waals surface area contributed by atoms with Crippen molar-refractivity contribution >= 4 is 5.82 Å². The molecule has 0 bridgehead atoms. The maximum Gasteiger partial charge on any atom is 0.222 e. The third kappa shape index (κ3) is 3.62. The second-order valence-corrected chi connectivity index (χ2v) is 6.05. The van der Waals surface area contributed by atoms with Gasteiger partial charge in [0.15, 0.2) is 0 Å². The summed E-state index contributed by atoms with van der Waals surface area (Å²) in [5.74, 6) is 3.16. The minimum absolute atomic E-state index is 0.295. The van der Waals surface area contributed by atoms with Crippen LogP contribution < -0.4 is 10.1 Å². The quantitative estimate of drug-likeness (QED) is 0.892. The Kier molecular flexibility index (Phi) is 5.21. The van der Waals surface area contributed by atoms with Crippen LogP contribution in [-0.4, -0.2) is 22.6 Å². The number of aromatic nitrogens is 2. The molecule has 1 heterocycles. The van der Waals surface area contributed by atoms with Crippen LogP contribution in [0.3, 0.4) is 0 Å². The molecule has 0 spiro atoms. The molecule has 112 valence electrons. The first kappa shape index (κ1) is 15.1. The zero-order valence-corrected chi connectivity index (χ0v) is 13.1. The predicted molar refractivity (Wildman–Crippen MR) is 82.2 cm³/mol. The van der Waals surface area contributed by atoms with Gasteiger partial charge in [-0.15, -0.1) is 0 Å². The van der Waals surface area contributed by atoms with E-state index in [1.807, 2.05) is 0 Å². The van der Waals surface area contributed by atoms with E-state index in [9.17, 15) is 0 Å². The van der Waals surface area contributed by atoms with Gasteiger partial charge in [-0.25, -0.2) is 9.97 Å². The fourth-order valence-electron chi connectivity index (χ4n) is 3.26. The van der Waals surface area contributed by atoms with E-state index in [0.29, 0.717) is 6.10 Å².